The number of aryl methyl sites for hydroxylation is 1. The summed E-state index contributed by atoms with van der Waals surface area (Å²) in [6.07, 6.45) is 3.18. The van der Waals surface area contributed by atoms with Crippen LogP contribution in [0.2, 0.25) is 0 Å². The van der Waals surface area contributed by atoms with Crippen molar-refractivity contribution in [1.82, 2.24) is 4.90 Å². The molecule has 4 rings (SSSR count). The first-order chi connectivity index (χ1) is 16.8. The van der Waals surface area contributed by atoms with Gasteiger partial charge in [-0.1, -0.05) is 121 Å². The summed E-state index contributed by atoms with van der Waals surface area (Å²) in [5.41, 5.74) is 5.18. The molecule has 0 radical (unpaired) electrons. The van der Waals surface area contributed by atoms with Crippen molar-refractivity contribution in [2.75, 3.05) is 0 Å². The van der Waals surface area contributed by atoms with E-state index in [0.717, 1.165) is 38.8 Å². The highest BCUT2D eigenvalue weighted by Gasteiger charge is 2.24. The molecule has 2 heteroatoms. The molecular formula is C32H35NO. The lowest BCUT2D eigenvalue weighted by Gasteiger charge is -2.34. The van der Waals surface area contributed by atoms with Crippen molar-refractivity contribution >= 4 is 0 Å². The standard InChI is InChI=1S/C32H35NO/c34-31(23-13-20-27-14-5-1-6-15-27)24-32(30-21-11-4-12-22-30)33(25-28-16-7-2-8-17-28)26-29-18-9-3-10-19-29/h1-12,14-19,21-22,31-32,34H,13,20,23-26H2. The lowest BCUT2D eigenvalue weighted by molar-refractivity contribution is 0.0852. The van der Waals surface area contributed by atoms with Gasteiger partial charge in [0.25, 0.3) is 0 Å². The van der Waals surface area contributed by atoms with Crippen LogP contribution in [0.15, 0.2) is 121 Å². The van der Waals surface area contributed by atoms with E-state index in [9.17, 15) is 5.11 Å². The molecule has 2 unspecified atom stereocenters. The van der Waals surface area contributed by atoms with Gasteiger partial charge in [0.05, 0.1) is 6.10 Å². The minimum Gasteiger partial charge on any atom is -0.393 e. The van der Waals surface area contributed by atoms with Gasteiger partial charge in [0.2, 0.25) is 0 Å². The summed E-state index contributed by atoms with van der Waals surface area (Å²) in [6, 6.07) is 42.7. The van der Waals surface area contributed by atoms with Crippen LogP contribution in [0.5, 0.6) is 0 Å². The Labute approximate surface area is 204 Å². The molecule has 1 N–H and O–H groups in total. The summed E-state index contributed by atoms with van der Waals surface area (Å²) in [5, 5.41) is 11.1. The first-order valence-electron chi connectivity index (χ1n) is 12.4. The van der Waals surface area contributed by atoms with Gasteiger partial charge in [0.15, 0.2) is 0 Å². The smallest absolute Gasteiger partial charge is 0.0558 e. The Morgan fingerprint density at radius 3 is 1.50 bits per heavy atom. The third-order valence-corrected chi connectivity index (χ3v) is 6.42. The summed E-state index contributed by atoms with van der Waals surface area (Å²) in [6.45, 7) is 1.68. The van der Waals surface area contributed by atoms with Crippen LogP contribution in [0.4, 0.5) is 0 Å². The molecule has 34 heavy (non-hydrogen) atoms. The molecule has 0 aromatic heterocycles. The number of nitrogens with zero attached hydrogens (tertiary/aromatic N) is 1. The Morgan fingerprint density at radius 1 is 0.559 bits per heavy atom. The van der Waals surface area contributed by atoms with Gasteiger partial charge >= 0.3 is 0 Å². The number of aliphatic hydroxyl groups excluding tert-OH is 1. The Hall–Kier alpha value is -3.20. The Morgan fingerprint density at radius 2 is 1.00 bits per heavy atom. The highest BCUT2D eigenvalue weighted by molar-refractivity contribution is 5.23. The normalized spacial score (nSPS) is 13.0. The topological polar surface area (TPSA) is 23.5 Å². The van der Waals surface area contributed by atoms with Crippen molar-refractivity contribution in [3.63, 3.8) is 0 Å². The Balaban J connectivity index is 1.52. The monoisotopic (exact) mass is 449 g/mol. The fourth-order valence-electron chi connectivity index (χ4n) is 4.65. The van der Waals surface area contributed by atoms with Crippen LogP contribution in [0.3, 0.4) is 0 Å². The van der Waals surface area contributed by atoms with Crippen LogP contribution in [-0.4, -0.2) is 16.1 Å². The minimum atomic E-state index is -0.344. The number of hydrogen-bond donors (Lipinski definition) is 1. The quantitative estimate of drug-likeness (QED) is 0.247. The molecule has 0 aliphatic rings. The van der Waals surface area contributed by atoms with Gasteiger partial charge in [-0.05, 0) is 47.9 Å². The van der Waals surface area contributed by atoms with Crippen molar-refractivity contribution in [3.05, 3.63) is 144 Å². The lowest BCUT2D eigenvalue weighted by atomic mass is 9.95. The van der Waals surface area contributed by atoms with Crippen LogP contribution in [0.1, 0.15) is 47.6 Å². The highest BCUT2D eigenvalue weighted by atomic mass is 16.3. The number of benzene rings is 4. The first kappa shape index (κ1) is 23.9. The zero-order valence-corrected chi connectivity index (χ0v) is 19.8. The second kappa shape index (κ2) is 12.9. The van der Waals surface area contributed by atoms with Crippen molar-refractivity contribution in [2.45, 2.75) is 50.9 Å². The van der Waals surface area contributed by atoms with E-state index in [1.807, 2.05) is 0 Å². The SMILES string of the molecule is OC(CCCc1ccccc1)CC(c1ccccc1)N(Cc1ccccc1)Cc1ccccc1. The largest absolute Gasteiger partial charge is 0.393 e. The molecule has 0 aliphatic carbocycles. The molecule has 4 aromatic rings. The third-order valence-electron chi connectivity index (χ3n) is 6.42. The maximum Gasteiger partial charge on any atom is 0.0558 e. The molecule has 0 spiro atoms. The van der Waals surface area contributed by atoms with E-state index in [1.165, 1.54) is 22.3 Å². The zero-order valence-electron chi connectivity index (χ0n) is 19.8. The molecule has 0 bridgehead atoms. The fraction of sp³-hybridized carbons (Fsp3) is 0.250. The van der Waals surface area contributed by atoms with Gasteiger partial charge in [0, 0.05) is 19.1 Å². The Bertz CT molecular complexity index is 1030. The third kappa shape index (κ3) is 7.41. The van der Waals surface area contributed by atoms with Gasteiger partial charge < -0.3 is 5.11 Å². The molecule has 0 heterocycles. The van der Waals surface area contributed by atoms with Crippen molar-refractivity contribution in [1.29, 1.82) is 0 Å². The predicted molar refractivity (Wildman–Crippen MR) is 141 cm³/mol. The molecule has 2 atom stereocenters. The van der Waals surface area contributed by atoms with Crippen LogP contribution in [0.25, 0.3) is 0 Å². The summed E-state index contributed by atoms with van der Waals surface area (Å²) >= 11 is 0. The van der Waals surface area contributed by atoms with Crippen molar-refractivity contribution in [3.8, 4) is 0 Å². The number of aliphatic hydroxyl groups is 1. The van der Waals surface area contributed by atoms with Crippen LogP contribution in [-0.2, 0) is 19.5 Å². The van der Waals surface area contributed by atoms with Gasteiger partial charge in [-0.25, -0.2) is 0 Å². The van der Waals surface area contributed by atoms with Gasteiger partial charge in [-0.2, -0.15) is 0 Å². The molecule has 0 saturated carbocycles. The summed E-state index contributed by atoms with van der Waals surface area (Å²) in [7, 11) is 0. The van der Waals surface area contributed by atoms with Gasteiger partial charge in [-0.3, -0.25) is 4.90 Å². The second-order valence-corrected chi connectivity index (χ2v) is 9.07. The lowest BCUT2D eigenvalue weighted by Crippen LogP contribution is -2.31. The number of hydrogen-bond acceptors (Lipinski definition) is 2. The van der Waals surface area contributed by atoms with Crippen molar-refractivity contribution < 1.29 is 5.11 Å². The molecule has 174 valence electrons. The fourth-order valence-corrected chi connectivity index (χ4v) is 4.65. The molecule has 0 amide bonds. The molecule has 0 saturated heterocycles. The summed E-state index contributed by atoms with van der Waals surface area (Å²) < 4.78 is 0. The summed E-state index contributed by atoms with van der Waals surface area (Å²) in [5.74, 6) is 0. The van der Waals surface area contributed by atoms with E-state index < -0.39 is 0 Å². The zero-order chi connectivity index (χ0) is 23.4. The molecule has 0 fully saturated rings. The van der Waals surface area contributed by atoms with E-state index in [0.29, 0.717) is 0 Å². The first-order valence-corrected chi connectivity index (χ1v) is 12.4. The average Bonchev–Trinajstić information content (AvgIpc) is 2.89. The van der Waals surface area contributed by atoms with E-state index >= 15 is 0 Å². The van der Waals surface area contributed by atoms with Crippen LogP contribution >= 0.6 is 0 Å². The molecule has 0 aliphatic heterocycles. The van der Waals surface area contributed by atoms with Gasteiger partial charge in [0.1, 0.15) is 0 Å². The number of rotatable bonds is 12. The van der Waals surface area contributed by atoms with Crippen LogP contribution < -0.4 is 0 Å². The molecular weight excluding hydrogens is 414 g/mol. The van der Waals surface area contributed by atoms with E-state index in [1.54, 1.807) is 0 Å². The second-order valence-electron chi connectivity index (χ2n) is 9.07. The molecule has 2 nitrogen and oxygen atoms in total. The highest BCUT2D eigenvalue weighted by Crippen LogP contribution is 2.30. The van der Waals surface area contributed by atoms with Gasteiger partial charge in [-0.15, -0.1) is 0 Å². The molecule has 4 aromatic carbocycles. The maximum atomic E-state index is 11.1. The Kier molecular flexibility index (Phi) is 9.07. The van der Waals surface area contributed by atoms with E-state index in [4.69, 9.17) is 0 Å². The van der Waals surface area contributed by atoms with Crippen LogP contribution in [0, 0.1) is 0 Å². The van der Waals surface area contributed by atoms with E-state index in [-0.39, 0.29) is 12.1 Å². The summed E-state index contributed by atoms with van der Waals surface area (Å²) in [4.78, 5) is 2.51. The predicted octanol–water partition coefficient (Wildman–Crippen LogP) is 7.20. The maximum absolute atomic E-state index is 11.1. The van der Waals surface area contributed by atoms with E-state index in [2.05, 4.69) is 126 Å². The minimum absolute atomic E-state index is 0.133. The van der Waals surface area contributed by atoms with Crippen molar-refractivity contribution in [2.24, 2.45) is 0 Å². The average molecular weight is 450 g/mol.